The fourth-order valence-electron chi connectivity index (χ4n) is 3.67. The first-order valence-electron chi connectivity index (χ1n) is 10.6. The van der Waals surface area contributed by atoms with Crippen LogP contribution in [-0.4, -0.2) is 52.6 Å². The first-order chi connectivity index (χ1) is 15.3. The van der Waals surface area contributed by atoms with E-state index in [0.717, 1.165) is 5.56 Å². The van der Waals surface area contributed by atoms with Crippen LogP contribution in [0.25, 0.3) is 0 Å². The lowest BCUT2D eigenvalue weighted by Gasteiger charge is -2.29. The van der Waals surface area contributed by atoms with Crippen molar-refractivity contribution in [3.05, 3.63) is 70.2 Å². The molecule has 1 atom stereocenters. The lowest BCUT2D eigenvalue weighted by molar-refractivity contribution is -0.140. The van der Waals surface area contributed by atoms with Gasteiger partial charge in [-0.15, -0.1) is 0 Å². The summed E-state index contributed by atoms with van der Waals surface area (Å²) in [5, 5.41) is 3.33. The van der Waals surface area contributed by atoms with Crippen LogP contribution in [0, 0.1) is 0 Å². The van der Waals surface area contributed by atoms with Crippen molar-refractivity contribution in [3.8, 4) is 0 Å². The molecule has 0 saturated heterocycles. The topological polar surface area (TPSA) is 86.8 Å². The van der Waals surface area contributed by atoms with E-state index >= 15 is 0 Å². The van der Waals surface area contributed by atoms with Crippen LogP contribution in [0.3, 0.4) is 0 Å². The van der Waals surface area contributed by atoms with E-state index in [-0.39, 0.29) is 43.1 Å². The summed E-state index contributed by atoms with van der Waals surface area (Å²) in [5.74, 6) is -1.15. The highest BCUT2D eigenvalue weighted by atomic mass is 35.5. The third kappa shape index (κ3) is 5.16. The Morgan fingerprint density at radius 1 is 1.03 bits per heavy atom. The van der Waals surface area contributed by atoms with Gasteiger partial charge in [-0.1, -0.05) is 35.9 Å². The monoisotopic (exact) mass is 455 g/mol. The van der Waals surface area contributed by atoms with Crippen molar-refractivity contribution in [2.75, 3.05) is 13.1 Å². The van der Waals surface area contributed by atoms with Gasteiger partial charge in [-0.25, -0.2) is 0 Å². The Balaban J connectivity index is 1.65. The largest absolute Gasteiger partial charge is 0.355 e. The number of nitrogens with one attached hydrogen (secondary N) is 1. The molecule has 8 heteroatoms. The molecule has 0 bridgehead atoms. The van der Waals surface area contributed by atoms with Crippen LogP contribution in [0.15, 0.2) is 48.5 Å². The second-order valence-electron chi connectivity index (χ2n) is 7.63. The quantitative estimate of drug-likeness (QED) is 0.588. The number of nitrogens with zero attached hydrogens (tertiary/aromatic N) is 2. The third-order valence-electron chi connectivity index (χ3n) is 5.44. The van der Waals surface area contributed by atoms with Gasteiger partial charge >= 0.3 is 0 Å². The molecule has 2 aromatic carbocycles. The van der Waals surface area contributed by atoms with E-state index in [9.17, 15) is 19.2 Å². The third-order valence-corrected chi connectivity index (χ3v) is 5.69. The number of halogens is 1. The average Bonchev–Trinajstić information content (AvgIpc) is 3.03. The molecule has 3 rings (SSSR count). The molecule has 0 unspecified atom stereocenters. The summed E-state index contributed by atoms with van der Waals surface area (Å²) in [7, 11) is 0. The number of hydrogen-bond donors (Lipinski definition) is 1. The van der Waals surface area contributed by atoms with E-state index in [1.807, 2.05) is 19.1 Å². The van der Waals surface area contributed by atoms with Gasteiger partial charge in [0, 0.05) is 31.1 Å². The molecule has 0 spiro atoms. The molecule has 1 N–H and O–H groups in total. The summed E-state index contributed by atoms with van der Waals surface area (Å²) in [6, 6.07) is 13.1. The molecule has 0 aromatic heterocycles. The average molecular weight is 456 g/mol. The zero-order valence-electron chi connectivity index (χ0n) is 18.1. The minimum atomic E-state index is -0.669. The number of likely N-dealkylation sites (N-methyl/N-ethyl adjacent to an activating group) is 1. The zero-order chi connectivity index (χ0) is 23.3. The van der Waals surface area contributed by atoms with Crippen molar-refractivity contribution in [2.45, 2.75) is 39.3 Å². The SMILES string of the molecule is CCNC(=O)[C@H](C)N(Cc1ccc(Cl)cc1)C(=O)CCCN1C(=O)c2ccccc2C1=O. The smallest absolute Gasteiger partial charge is 0.261 e. The van der Waals surface area contributed by atoms with Gasteiger partial charge in [0.05, 0.1) is 11.1 Å². The van der Waals surface area contributed by atoms with Gasteiger partial charge in [0.1, 0.15) is 6.04 Å². The molecule has 1 heterocycles. The number of rotatable bonds is 9. The van der Waals surface area contributed by atoms with Crippen LogP contribution in [-0.2, 0) is 16.1 Å². The predicted octanol–water partition coefficient (Wildman–Crippen LogP) is 3.27. The van der Waals surface area contributed by atoms with Crippen LogP contribution in [0.5, 0.6) is 0 Å². The van der Waals surface area contributed by atoms with Gasteiger partial charge in [-0.3, -0.25) is 24.1 Å². The first kappa shape index (κ1) is 23.5. The number of benzene rings is 2. The number of carbonyl (C=O) groups is 4. The molecule has 32 heavy (non-hydrogen) atoms. The van der Waals surface area contributed by atoms with Crippen molar-refractivity contribution in [1.29, 1.82) is 0 Å². The number of carbonyl (C=O) groups excluding carboxylic acids is 4. The normalized spacial score (nSPS) is 13.7. The number of fused-ring (bicyclic) bond motifs is 1. The Morgan fingerprint density at radius 2 is 1.62 bits per heavy atom. The van der Waals surface area contributed by atoms with E-state index < -0.39 is 6.04 Å². The van der Waals surface area contributed by atoms with Crippen LogP contribution in [0.4, 0.5) is 0 Å². The van der Waals surface area contributed by atoms with Crippen molar-refractivity contribution in [2.24, 2.45) is 0 Å². The molecular weight excluding hydrogens is 430 g/mol. The van der Waals surface area contributed by atoms with Crippen molar-refractivity contribution >= 4 is 35.2 Å². The molecule has 0 fully saturated rings. The lowest BCUT2D eigenvalue weighted by Crippen LogP contribution is -2.47. The van der Waals surface area contributed by atoms with E-state index in [1.54, 1.807) is 43.3 Å². The highest BCUT2D eigenvalue weighted by molar-refractivity contribution is 6.30. The Hall–Kier alpha value is -3.19. The van der Waals surface area contributed by atoms with Gasteiger partial charge in [-0.05, 0) is 50.1 Å². The van der Waals surface area contributed by atoms with Crippen LogP contribution in [0.2, 0.25) is 5.02 Å². The first-order valence-corrected chi connectivity index (χ1v) is 11.0. The summed E-state index contributed by atoms with van der Waals surface area (Å²) in [6.45, 7) is 4.36. The highest BCUT2D eigenvalue weighted by Gasteiger charge is 2.35. The molecule has 1 aliphatic heterocycles. The second-order valence-corrected chi connectivity index (χ2v) is 8.07. The minimum Gasteiger partial charge on any atom is -0.355 e. The molecular formula is C24H26ClN3O4. The van der Waals surface area contributed by atoms with Crippen LogP contribution >= 0.6 is 11.6 Å². The standard InChI is InChI=1S/C24H26ClN3O4/c1-3-26-22(30)16(2)28(15-17-10-12-18(25)13-11-17)21(29)9-6-14-27-23(31)19-7-4-5-8-20(19)24(27)32/h4-5,7-8,10-13,16H,3,6,9,14-15H2,1-2H3,(H,26,30)/t16-/m0/s1. The predicted molar refractivity (Wildman–Crippen MR) is 121 cm³/mol. The summed E-state index contributed by atoms with van der Waals surface area (Å²) in [5.41, 5.74) is 1.62. The van der Waals surface area contributed by atoms with E-state index in [1.165, 1.54) is 9.80 Å². The van der Waals surface area contributed by atoms with E-state index in [2.05, 4.69) is 5.32 Å². The fraction of sp³-hybridized carbons (Fsp3) is 0.333. The van der Waals surface area contributed by atoms with Crippen LogP contribution in [0.1, 0.15) is 53.0 Å². The van der Waals surface area contributed by atoms with Crippen molar-refractivity contribution in [1.82, 2.24) is 15.1 Å². The Morgan fingerprint density at radius 3 is 2.19 bits per heavy atom. The Labute approximate surface area is 192 Å². The Bertz CT molecular complexity index is 987. The van der Waals surface area contributed by atoms with Gasteiger partial charge in [-0.2, -0.15) is 0 Å². The molecule has 0 saturated carbocycles. The fourth-order valence-corrected chi connectivity index (χ4v) is 3.79. The lowest BCUT2D eigenvalue weighted by atomic mass is 10.1. The molecule has 0 aliphatic carbocycles. The maximum Gasteiger partial charge on any atom is 0.261 e. The Kier molecular flexibility index (Phi) is 7.64. The number of hydrogen-bond acceptors (Lipinski definition) is 4. The molecule has 1 aliphatic rings. The maximum absolute atomic E-state index is 13.1. The number of imide groups is 1. The minimum absolute atomic E-state index is 0.102. The molecule has 0 radical (unpaired) electrons. The summed E-state index contributed by atoms with van der Waals surface area (Å²) < 4.78 is 0. The summed E-state index contributed by atoms with van der Waals surface area (Å²) in [6.07, 6.45) is 0.411. The van der Waals surface area contributed by atoms with Gasteiger partial charge < -0.3 is 10.2 Å². The highest BCUT2D eigenvalue weighted by Crippen LogP contribution is 2.23. The molecule has 2 aromatic rings. The van der Waals surface area contributed by atoms with Crippen LogP contribution < -0.4 is 5.32 Å². The van der Waals surface area contributed by atoms with Crippen molar-refractivity contribution in [3.63, 3.8) is 0 Å². The van der Waals surface area contributed by atoms with E-state index in [4.69, 9.17) is 11.6 Å². The van der Waals surface area contributed by atoms with Gasteiger partial charge in [0.25, 0.3) is 11.8 Å². The molecule has 7 nitrogen and oxygen atoms in total. The zero-order valence-corrected chi connectivity index (χ0v) is 18.9. The number of amides is 4. The summed E-state index contributed by atoms with van der Waals surface area (Å²) in [4.78, 5) is 53.1. The van der Waals surface area contributed by atoms with Gasteiger partial charge in [0.2, 0.25) is 11.8 Å². The second kappa shape index (κ2) is 10.4. The maximum atomic E-state index is 13.1. The van der Waals surface area contributed by atoms with E-state index in [0.29, 0.717) is 29.1 Å². The molecule has 4 amide bonds. The van der Waals surface area contributed by atoms with Crippen molar-refractivity contribution < 1.29 is 19.2 Å². The van der Waals surface area contributed by atoms with Gasteiger partial charge in [0.15, 0.2) is 0 Å². The summed E-state index contributed by atoms with van der Waals surface area (Å²) >= 11 is 5.95. The molecule has 168 valence electrons.